The summed E-state index contributed by atoms with van der Waals surface area (Å²) in [6, 6.07) is 0. The molecule has 73 heavy (non-hydrogen) atoms. The number of fused-ring (bicyclic) bond motifs is 4. The van der Waals surface area contributed by atoms with Crippen LogP contribution < -0.4 is 17.2 Å². The average molecular weight is 1110 g/mol. The van der Waals surface area contributed by atoms with Crippen LogP contribution in [0.3, 0.4) is 0 Å². The standard InChI is InChI=1S/C35H46N15O19P3S/c36-26-17-29(42-9-39-26)48(12-45-17)32-22(54)25-35(67-32,2-1-4-60-25)8-64-71(57,58)68-23-20(52)16(66-33(23)49-13-46-18-27(37)40-10-43-30(18)49)7-63-72(59,73)69-24-21(53)15(6-62-70(55,56)61-5-3-51)65-34(24)50-14-47-19-28(38)41-11-44-31(19)50/h9-16,20-25,32-34,51-54H,1-8H2,(H,55,56)(H,57,58)(H,59,73)(H2,36,39,42)(H2,37,40,43)(H2,38,41,44)/t15-,16-,20?,21?,22?,23?,24?,25?,32-,33-,34-,35-,72?/m1/s1. The maximum Gasteiger partial charge on any atom is 0.472 e. The number of aliphatic hydroxyl groups excluding tert-OH is 4. The number of ether oxygens (including phenoxy) is 4. The molecular weight excluding hydrogens is 1060 g/mol. The topological polar surface area (TPSA) is 477 Å². The largest absolute Gasteiger partial charge is 0.472 e. The number of nitrogen functional groups attached to an aromatic ring is 3. The van der Waals surface area contributed by atoms with Gasteiger partial charge in [-0.3, -0.25) is 36.3 Å². The molecule has 13 N–H and O–H groups in total. The third-order valence-corrected chi connectivity index (χ3v) is 15.8. The summed E-state index contributed by atoms with van der Waals surface area (Å²) in [4.78, 5) is 70.1. The summed E-state index contributed by atoms with van der Waals surface area (Å²) in [5.74, 6) is 0.0160. The first-order chi connectivity index (χ1) is 34.8. The zero-order chi connectivity index (χ0) is 51.6. The second kappa shape index (κ2) is 20.2. The van der Waals surface area contributed by atoms with Crippen molar-refractivity contribution in [2.24, 2.45) is 0 Å². The summed E-state index contributed by atoms with van der Waals surface area (Å²) < 4.78 is 87.4. The first-order valence-corrected chi connectivity index (χ1v) is 27.4. The number of anilines is 3. The van der Waals surface area contributed by atoms with Gasteiger partial charge in [-0.15, -0.1) is 0 Å². The number of imidazole rings is 3. The summed E-state index contributed by atoms with van der Waals surface area (Å²) >= 11 is 5.37. The fourth-order valence-corrected chi connectivity index (χ4v) is 12.0. The van der Waals surface area contributed by atoms with Gasteiger partial charge in [-0.1, -0.05) is 0 Å². The van der Waals surface area contributed by atoms with E-state index in [-0.39, 0.29) is 64.0 Å². The average Bonchev–Trinajstić information content (AvgIpc) is 4.22. The van der Waals surface area contributed by atoms with Crippen LogP contribution in [0.25, 0.3) is 33.5 Å². The third kappa shape index (κ3) is 10.1. The van der Waals surface area contributed by atoms with Crippen molar-refractivity contribution in [1.82, 2.24) is 58.6 Å². The smallest absolute Gasteiger partial charge is 0.394 e. The van der Waals surface area contributed by atoms with E-state index in [1.807, 2.05) is 0 Å². The first kappa shape index (κ1) is 51.9. The van der Waals surface area contributed by atoms with Gasteiger partial charge >= 0.3 is 22.4 Å². The Hall–Kier alpha value is -4.52. The zero-order valence-electron chi connectivity index (χ0n) is 37.3. The van der Waals surface area contributed by atoms with Gasteiger partial charge in [0.25, 0.3) is 0 Å². The lowest BCUT2D eigenvalue weighted by atomic mass is 9.89. The minimum atomic E-state index is -5.30. The summed E-state index contributed by atoms with van der Waals surface area (Å²) in [7, 11) is -10.1. The normalized spacial score (nSPS) is 32.0. The molecule has 4 fully saturated rings. The number of rotatable bonds is 19. The van der Waals surface area contributed by atoms with E-state index in [9.17, 15) is 39.1 Å². The lowest BCUT2D eigenvalue weighted by Gasteiger charge is -2.38. The molecule has 396 valence electrons. The maximum atomic E-state index is 14.1. The van der Waals surface area contributed by atoms with Crippen LogP contribution in [-0.4, -0.2) is 188 Å². The van der Waals surface area contributed by atoms with Gasteiger partial charge in [-0.05, 0) is 24.6 Å². The molecule has 6 aromatic rings. The van der Waals surface area contributed by atoms with Gasteiger partial charge in [0.15, 0.2) is 53.1 Å². The summed E-state index contributed by atoms with van der Waals surface area (Å²) in [6.45, 7) is -7.82. The van der Waals surface area contributed by atoms with Gasteiger partial charge in [0.1, 0.15) is 90.0 Å². The van der Waals surface area contributed by atoms with Gasteiger partial charge in [-0.25, -0.2) is 54.0 Å². The Morgan fingerprint density at radius 1 is 0.658 bits per heavy atom. The Labute approximate surface area is 413 Å². The minimum absolute atomic E-state index is 0.0247. The van der Waals surface area contributed by atoms with Crippen molar-refractivity contribution in [2.45, 2.75) is 86.0 Å². The monoisotopic (exact) mass is 1110 g/mol. The van der Waals surface area contributed by atoms with E-state index in [1.165, 1.54) is 39.0 Å². The number of hydrogen-bond donors (Lipinski definition) is 10. The minimum Gasteiger partial charge on any atom is -0.394 e. The molecule has 4 aliphatic heterocycles. The molecule has 10 heterocycles. The number of nitrogens with two attached hydrogens (primary N) is 3. The number of phosphoric acid groups is 2. The number of aromatic nitrogens is 12. The van der Waals surface area contributed by atoms with Crippen molar-refractivity contribution < 1.29 is 90.3 Å². The Balaban J connectivity index is 0.872. The van der Waals surface area contributed by atoms with Crippen LogP contribution in [0.15, 0.2) is 38.0 Å². The molecule has 4 saturated heterocycles. The molecule has 0 radical (unpaired) electrons. The Kier molecular flexibility index (Phi) is 14.4. The predicted octanol–water partition coefficient (Wildman–Crippen LogP) is -2.18. The number of nitrogens with zero attached hydrogens (tertiary/aromatic N) is 12. The molecule has 4 aliphatic rings. The Bertz CT molecular complexity index is 3140. The lowest BCUT2D eigenvalue weighted by Crippen LogP contribution is -2.51. The van der Waals surface area contributed by atoms with Crippen LogP contribution in [0.4, 0.5) is 17.5 Å². The van der Waals surface area contributed by atoms with E-state index < -0.39 is 129 Å². The highest BCUT2D eigenvalue weighted by Crippen LogP contribution is 2.55. The lowest BCUT2D eigenvalue weighted by molar-refractivity contribution is -0.165. The van der Waals surface area contributed by atoms with Gasteiger partial charge in [0.05, 0.1) is 52.0 Å². The van der Waals surface area contributed by atoms with Gasteiger partial charge in [0, 0.05) is 6.61 Å². The molecule has 6 aromatic heterocycles. The van der Waals surface area contributed by atoms with Crippen molar-refractivity contribution in [2.75, 3.05) is 56.8 Å². The molecule has 0 amide bonds. The fourth-order valence-electron chi connectivity index (χ4n) is 8.92. The molecule has 15 atom stereocenters. The molecule has 0 saturated carbocycles. The van der Waals surface area contributed by atoms with Crippen LogP contribution in [0.5, 0.6) is 0 Å². The molecule has 10 rings (SSSR count). The van der Waals surface area contributed by atoms with E-state index in [2.05, 4.69) is 49.4 Å². The number of aliphatic hydroxyl groups is 4. The van der Waals surface area contributed by atoms with E-state index in [1.54, 1.807) is 0 Å². The molecule has 34 nitrogen and oxygen atoms in total. The van der Waals surface area contributed by atoms with E-state index in [0.29, 0.717) is 6.42 Å². The summed E-state index contributed by atoms with van der Waals surface area (Å²) in [6.07, 6.45) is -9.09. The summed E-state index contributed by atoms with van der Waals surface area (Å²) in [5.41, 5.74) is 17.3. The second-order valence-electron chi connectivity index (χ2n) is 16.8. The van der Waals surface area contributed by atoms with E-state index >= 15 is 0 Å². The van der Waals surface area contributed by atoms with Crippen LogP contribution in [0, 0.1) is 0 Å². The van der Waals surface area contributed by atoms with Crippen molar-refractivity contribution in [3.05, 3.63) is 38.0 Å². The summed E-state index contributed by atoms with van der Waals surface area (Å²) in [5, 5.41) is 43.9. The molecule has 0 spiro atoms. The van der Waals surface area contributed by atoms with Crippen molar-refractivity contribution in [1.29, 1.82) is 0 Å². The highest BCUT2D eigenvalue weighted by Gasteiger charge is 2.59. The Morgan fingerprint density at radius 2 is 1.15 bits per heavy atom. The molecule has 9 unspecified atom stereocenters. The Morgan fingerprint density at radius 3 is 1.67 bits per heavy atom. The van der Waals surface area contributed by atoms with Crippen LogP contribution in [-0.2, 0) is 67.0 Å². The molecular formula is C35H46N15O19P3S. The number of phosphoric ester groups is 2. The second-order valence-corrected chi connectivity index (χ2v) is 22.4. The maximum absolute atomic E-state index is 14.1. The van der Waals surface area contributed by atoms with E-state index in [4.69, 9.17) is 75.7 Å². The molecule has 0 aliphatic carbocycles. The van der Waals surface area contributed by atoms with Crippen molar-refractivity contribution in [3.63, 3.8) is 0 Å². The molecule has 38 heteroatoms. The molecule has 0 bridgehead atoms. The quantitative estimate of drug-likeness (QED) is 0.0386. The van der Waals surface area contributed by atoms with Crippen LogP contribution in [0.1, 0.15) is 31.5 Å². The van der Waals surface area contributed by atoms with Gasteiger partial charge < -0.3 is 75.8 Å². The van der Waals surface area contributed by atoms with Gasteiger partial charge in [-0.2, -0.15) is 0 Å². The predicted molar refractivity (Wildman–Crippen MR) is 244 cm³/mol. The van der Waals surface area contributed by atoms with E-state index in [0.717, 1.165) is 12.7 Å². The first-order valence-electron chi connectivity index (χ1n) is 21.8. The third-order valence-electron chi connectivity index (χ3n) is 12.3. The van der Waals surface area contributed by atoms with Crippen molar-refractivity contribution >= 4 is 85.1 Å². The van der Waals surface area contributed by atoms with Gasteiger partial charge in [0.2, 0.25) is 0 Å². The fraction of sp³-hybridized carbons (Fsp3) is 0.571. The van der Waals surface area contributed by atoms with Crippen LogP contribution in [0.2, 0.25) is 0 Å². The van der Waals surface area contributed by atoms with Crippen LogP contribution >= 0.6 is 22.4 Å². The van der Waals surface area contributed by atoms with Crippen molar-refractivity contribution in [3.8, 4) is 0 Å². The number of hydrogen-bond acceptors (Lipinski definition) is 29. The highest BCUT2D eigenvalue weighted by molar-refractivity contribution is 8.07. The molecule has 0 aromatic carbocycles. The SMILES string of the molecule is Nc1ncnc2c1ncn2[C@@H]1O[C@@]2(COP(=O)(O)OC3C(O)[C@@H](COP(O)(=S)OC4C(O)[C@@H](COP(=O)(O)OCCO)O[C@H]4n4cnc5c(N)ncnc54)O[C@H]3n3cnc4c(N)ncnc43)CCCOC2C1O. The highest BCUT2D eigenvalue weighted by atomic mass is 32.5. The zero-order valence-corrected chi connectivity index (χ0v) is 40.8.